The van der Waals surface area contributed by atoms with E-state index in [-0.39, 0.29) is 39.1 Å². The molecule has 0 spiro atoms. The van der Waals surface area contributed by atoms with Crippen LogP contribution in [-0.2, 0) is 9.53 Å². The number of halogens is 1. The molecule has 4 rings (SSSR count). The zero-order chi connectivity index (χ0) is 19.3. The number of thiazole rings is 1. The van der Waals surface area contributed by atoms with Gasteiger partial charge in [0, 0.05) is 22.9 Å². The smallest absolute Gasteiger partial charge is 0.231 e. The molecule has 27 heavy (non-hydrogen) atoms. The molecular weight excluding hydrogens is 477 g/mol. The lowest BCUT2D eigenvalue weighted by atomic mass is 9.79. The molecule has 1 N–H and O–H groups in total. The van der Waals surface area contributed by atoms with Gasteiger partial charge in [-0.2, -0.15) is 0 Å². The molecular formula is C19H20IN3O3S. The summed E-state index contributed by atoms with van der Waals surface area (Å²) in [5.41, 5.74) is 3.25. The molecule has 2 aliphatic carbocycles. The number of azo groups is 1. The van der Waals surface area contributed by atoms with Crippen LogP contribution in [0.1, 0.15) is 24.0 Å². The summed E-state index contributed by atoms with van der Waals surface area (Å²) in [6, 6.07) is 4.11. The zero-order valence-corrected chi connectivity index (χ0v) is 18.2. The Morgan fingerprint density at radius 1 is 1.30 bits per heavy atom. The van der Waals surface area contributed by atoms with Gasteiger partial charge in [-0.15, -0.1) is 10.2 Å². The molecule has 1 aromatic heterocycles. The number of benzene rings is 1. The highest BCUT2D eigenvalue weighted by Crippen LogP contribution is 2.47. The van der Waals surface area contributed by atoms with Crippen LogP contribution in [0.2, 0.25) is 0 Å². The van der Waals surface area contributed by atoms with Crippen molar-refractivity contribution >= 4 is 55.1 Å². The number of nitrogens with zero attached hydrogens (tertiary/aromatic N) is 3. The van der Waals surface area contributed by atoms with Crippen molar-refractivity contribution in [3.63, 3.8) is 0 Å². The Morgan fingerprint density at radius 2 is 2.07 bits per heavy atom. The fourth-order valence-corrected chi connectivity index (χ4v) is 6.41. The van der Waals surface area contributed by atoms with Gasteiger partial charge in [0.05, 0.1) is 16.3 Å². The highest BCUT2D eigenvalue weighted by molar-refractivity contribution is 14.1. The monoisotopic (exact) mass is 497 g/mol. The summed E-state index contributed by atoms with van der Waals surface area (Å²) in [7, 11) is 1.67. The Bertz CT molecular complexity index is 984. The average Bonchev–Trinajstić information content (AvgIpc) is 3.13. The van der Waals surface area contributed by atoms with E-state index in [0.717, 1.165) is 27.8 Å². The summed E-state index contributed by atoms with van der Waals surface area (Å²) >= 11 is 3.71. The molecule has 2 aromatic rings. The summed E-state index contributed by atoms with van der Waals surface area (Å²) in [6.07, 6.45) is 1.55. The Kier molecular flexibility index (Phi) is 5.06. The van der Waals surface area contributed by atoms with Gasteiger partial charge in [-0.3, -0.25) is 4.79 Å². The van der Waals surface area contributed by atoms with Crippen LogP contribution in [0.3, 0.4) is 0 Å². The molecule has 1 fully saturated rings. The van der Waals surface area contributed by atoms with Gasteiger partial charge in [0.15, 0.2) is 11.5 Å². The first-order chi connectivity index (χ1) is 12.9. The first-order valence-electron chi connectivity index (χ1n) is 8.84. The maximum atomic E-state index is 12.8. The molecule has 0 aliphatic heterocycles. The van der Waals surface area contributed by atoms with E-state index < -0.39 is 0 Å². The van der Waals surface area contributed by atoms with Crippen LogP contribution < -0.4 is 0 Å². The average molecular weight is 497 g/mol. The Hall–Kier alpha value is -1.39. The van der Waals surface area contributed by atoms with E-state index in [1.54, 1.807) is 7.11 Å². The Morgan fingerprint density at radius 3 is 2.81 bits per heavy atom. The number of methoxy groups -OCH3 is 1. The van der Waals surface area contributed by atoms with E-state index in [9.17, 15) is 9.90 Å². The number of ether oxygens (including phenoxy) is 1. The van der Waals surface area contributed by atoms with Crippen LogP contribution in [0.5, 0.6) is 0 Å². The van der Waals surface area contributed by atoms with Crippen LogP contribution >= 0.6 is 33.9 Å². The number of carbonyl (C=O) groups is 1. The van der Waals surface area contributed by atoms with Gasteiger partial charge < -0.3 is 9.84 Å². The Labute approximate surface area is 174 Å². The molecule has 8 heteroatoms. The largest absolute Gasteiger partial charge is 0.509 e. The lowest BCUT2D eigenvalue weighted by Gasteiger charge is -2.35. The van der Waals surface area contributed by atoms with Crippen molar-refractivity contribution in [2.45, 2.75) is 36.7 Å². The van der Waals surface area contributed by atoms with Crippen molar-refractivity contribution in [1.29, 1.82) is 0 Å². The minimum absolute atomic E-state index is 0.0357. The standard InChI is InChI=1S/C19H20IN3O3S/c1-8-6-9(2)18-11(7-8)21-19(27-18)23-22-15-16(24)10-4-5-12(26-3)14(20)13(10)17(15)25/h6-7,10,12-14,25H,4-5H2,1-3H3. The summed E-state index contributed by atoms with van der Waals surface area (Å²) in [5.74, 6) is -0.549. The molecule has 4 atom stereocenters. The molecule has 2 aliphatic rings. The van der Waals surface area contributed by atoms with E-state index in [2.05, 4.69) is 43.9 Å². The van der Waals surface area contributed by atoms with E-state index in [4.69, 9.17) is 4.74 Å². The summed E-state index contributed by atoms with van der Waals surface area (Å²) in [6.45, 7) is 4.07. The second-order valence-electron chi connectivity index (χ2n) is 7.15. The first kappa shape index (κ1) is 18.9. The molecule has 142 valence electrons. The fourth-order valence-electron chi connectivity index (χ4n) is 4.08. The third kappa shape index (κ3) is 3.21. The molecule has 0 radical (unpaired) electrons. The number of hydrogen-bond acceptors (Lipinski definition) is 7. The van der Waals surface area contributed by atoms with Gasteiger partial charge in [-0.05, 0) is 43.9 Å². The van der Waals surface area contributed by atoms with Gasteiger partial charge in [-0.1, -0.05) is 40.0 Å². The number of aliphatic hydroxyl groups is 1. The number of aliphatic hydroxyl groups excluding tert-OH is 1. The molecule has 6 nitrogen and oxygen atoms in total. The number of alkyl halides is 1. The van der Waals surface area contributed by atoms with Crippen molar-refractivity contribution < 1.29 is 14.6 Å². The van der Waals surface area contributed by atoms with Crippen LogP contribution in [0.15, 0.2) is 33.8 Å². The molecule has 1 heterocycles. The van der Waals surface area contributed by atoms with Crippen molar-refractivity contribution in [3.8, 4) is 0 Å². The molecule has 1 saturated carbocycles. The van der Waals surface area contributed by atoms with Gasteiger partial charge >= 0.3 is 0 Å². The van der Waals surface area contributed by atoms with Crippen LogP contribution in [0, 0.1) is 25.7 Å². The highest BCUT2D eigenvalue weighted by Gasteiger charge is 2.50. The number of hydrogen-bond donors (Lipinski definition) is 1. The van der Waals surface area contributed by atoms with Crippen LogP contribution in [0.4, 0.5) is 5.13 Å². The SMILES string of the molecule is COC1CCC2C(=O)C(N=Nc3nc4cc(C)cc(C)c4s3)=C(O)C2C1I. The highest BCUT2D eigenvalue weighted by atomic mass is 127. The fraction of sp³-hybridized carbons (Fsp3) is 0.474. The summed E-state index contributed by atoms with van der Waals surface area (Å²) in [4.78, 5) is 17.2. The van der Waals surface area contributed by atoms with Crippen LogP contribution in [0.25, 0.3) is 10.2 Å². The third-order valence-corrected chi connectivity index (χ3v) is 8.04. The number of allylic oxidation sites excluding steroid dienone is 2. The molecule has 0 amide bonds. The predicted molar refractivity (Wildman–Crippen MR) is 113 cm³/mol. The van der Waals surface area contributed by atoms with Crippen molar-refractivity contribution in [2.75, 3.05) is 7.11 Å². The molecule has 0 saturated heterocycles. The lowest BCUT2D eigenvalue weighted by molar-refractivity contribution is -0.120. The molecule has 1 aromatic carbocycles. The quantitative estimate of drug-likeness (QED) is 0.359. The maximum Gasteiger partial charge on any atom is 0.231 e. The zero-order valence-electron chi connectivity index (χ0n) is 15.3. The number of carbonyl (C=O) groups excluding carboxylic acids is 1. The molecule has 0 bridgehead atoms. The van der Waals surface area contributed by atoms with E-state index in [1.807, 2.05) is 19.9 Å². The number of rotatable bonds is 3. The topological polar surface area (TPSA) is 84.1 Å². The Balaban J connectivity index is 1.65. The third-order valence-electron chi connectivity index (χ3n) is 5.37. The molecule has 4 unspecified atom stereocenters. The maximum absolute atomic E-state index is 12.8. The number of aryl methyl sites for hydroxylation is 2. The number of fused-ring (bicyclic) bond motifs is 2. The minimum atomic E-state index is -0.244. The van der Waals surface area contributed by atoms with E-state index in [0.29, 0.717) is 11.6 Å². The lowest BCUT2D eigenvalue weighted by Crippen LogP contribution is -2.40. The second kappa shape index (κ2) is 7.21. The summed E-state index contributed by atoms with van der Waals surface area (Å²) < 4.78 is 6.60. The van der Waals surface area contributed by atoms with Crippen molar-refractivity contribution in [3.05, 3.63) is 34.7 Å². The minimum Gasteiger partial charge on any atom is -0.509 e. The number of ketones is 1. The number of Topliss-reactive ketones (excluding diaryl/α,β-unsaturated/α-hetero) is 1. The van der Waals surface area contributed by atoms with Gasteiger partial charge in [-0.25, -0.2) is 4.98 Å². The second-order valence-corrected chi connectivity index (χ2v) is 9.57. The predicted octanol–water partition coefficient (Wildman–Crippen LogP) is 5.19. The van der Waals surface area contributed by atoms with Crippen LogP contribution in [-0.4, -0.2) is 33.0 Å². The summed E-state index contributed by atoms with van der Waals surface area (Å²) in [5, 5.41) is 19.5. The van der Waals surface area contributed by atoms with Crippen molar-refractivity contribution in [1.82, 2.24) is 4.98 Å². The normalized spacial score (nSPS) is 28.5. The van der Waals surface area contributed by atoms with E-state index in [1.165, 1.54) is 11.3 Å². The van der Waals surface area contributed by atoms with Gasteiger partial charge in [0.2, 0.25) is 5.13 Å². The number of aromatic nitrogens is 1. The van der Waals surface area contributed by atoms with E-state index >= 15 is 0 Å². The van der Waals surface area contributed by atoms with Gasteiger partial charge in [0.25, 0.3) is 0 Å². The van der Waals surface area contributed by atoms with Gasteiger partial charge in [0.1, 0.15) is 5.76 Å². The van der Waals surface area contributed by atoms with Crippen molar-refractivity contribution in [2.24, 2.45) is 22.1 Å². The first-order valence-corrected chi connectivity index (χ1v) is 10.9.